The van der Waals surface area contributed by atoms with E-state index in [2.05, 4.69) is 6.58 Å². The first kappa shape index (κ1) is 12.2. The number of ether oxygens (including phenoxy) is 1. The molecule has 1 N–H and O–H groups in total. The predicted molar refractivity (Wildman–Crippen MR) is 51.3 cm³/mol. The molecule has 13 heavy (non-hydrogen) atoms. The van der Waals surface area contributed by atoms with Crippen molar-refractivity contribution >= 4 is 5.97 Å². The van der Waals surface area contributed by atoms with E-state index in [0.29, 0.717) is 18.1 Å². The van der Waals surface area contributed by atoms with Crippen molar-refractivity contribution in [3.8, 4) is 0 Å². The van der Waals surface area contributed by atoms with E-state index in [-0.39, 0.29) is 12.6 Å². The lowest BCUT2D eigenvalue weighted by Crippen LogP contribution is -2.09. The molecule has 0 aromatic carbocycles. The molecule has 0 heterocycles. The molecule has 0 aromatic heterocycles. The summed E-state index contributed by atoms with van der Waals surface area (Å²) < 4.78 is 4.90. The summed E-state index contributed by atoms with van der Waals surface area (Å²) in [6.07, 6.45) is 1.55. The summed E-state index contributed by atoms with van der Waals surface area (Å²) in [7, 11) is 0. The Bertz CT molecular complexity index is 175. The second kappa shape index (κ2) is 6.66. The molecule has 3 nitrogen and oxygen atoms in total. The Labute approximate surface area is 79.4 Å². The molecule has 0 rings (SSSR count). The minimum atomic E-state index is -0.337. The molecule has 0 aliphatic rings. The second-order valence-electron chi connectivity index (χ2n) is 3.32. The summed E-state index contributed by atoms with van der Waals surface area (Å²) in [6.45, 7) is 7.72. The summed E-state index contributed by atoms with van der Waals surface area (Å²) in [5.74, 6) is 0.0547. The van der Waals surface area contributed by atoms with E-state index in [1.807, 2.05) is 6.92 Å². The van der Waals surface area contributed by atoms with Crippen molar-refractivity contribution in [1.82, 2.24) is 0 Å². The van der Waals surface area contributed by atoms with Crippen LogP contribution in [-0.4, -0.2) is 24.3 Å². The van der Waals surface area contributed by atoms with Gasteiger partial charge in [0.1, 0.15) is 0 Å². The molecule has 0 saturated heterocycles. The van der Waals surface area contributed by atoms with Crippen molar-refractivity contribution < 1.29 is 14.6 Å². The Hall–Kier alpha value is -0.830. The lowest BCUT2D eigenvalue weighted by Gasteiger charge is -2.09. The minimum absolute atomic E-state index is 0.190. The maximum absolute atomic E-state index is 10.9. The molecular formula is C10H18O3. The Morgan fingerprint density at radius 2 is 2.15 bits per heavy atom. The number of esters is 1. The number of carbonyl (C=O) groups excluding carboxylic acids is 1. The maximum atomic E-state index is 10.9. The number of carbonyl (C=O) groups is 1. The standard InChI is InChI=1S/C10H18O3/c1-8(2)10(12)13-7-5-9(3)4-6-11/h9,11H,1,4-7H2,2-3H3. The third-order valence-electron chi connectivity index (χ3n) is 1.81. The topological polar surface area (TPSA) is 46.5 Å². The van der Waals surface area contributed by atoms with Crippen LogP contribution in [0.5, 0.6) is 0 Å². The SMILES string of the molecule is C=C(C)C(=O)OCCC(C)CCO. The summed E-state index contributed by atoms with van der Waals surface area (Å²) >= 11 is 0. The van der Waals surface area contributed by atoms with Crippen LogP contribution in [0.4, 0.5) is 0 Å². The average molecular weight is 186 g/mol. The molecule has 0 aliphatic heterocycles. The molecule has 76 valence electrons. The summed E-state index contributed by atoms with van der Waals surface area (Å²) in [5, 5.41) is 8.61. The quantitative estimate of drug-likeness (QED) is 0.505. The highest BCUT2D eigenvalue weighted by Gasteiger charge is 2.05. The van der Waals surface area contributed by atoms with Gasteiger partial charge in [-0.1, -0.05) is 13.5 Å². The lowest BCUT2D eigenvalue weighted by atomic mass is 10.1. The predicted octanol–water partition coefficient (Wildman–Crippen LogP) is 1.51. The van der Waals surface area contributed by atoms with Crippen LogP contribution in [0.1, 0.15) is 26.7 Å². The van der Waals surface area contributed by atoms with E-state index >= 15 is 0 Å². The third-order valence-corrected chi connectivity index (χ3v) is 1.81. The molecule has 0 fully saturated rings. The molecule has 0 spiro atoms. The van der Waals surface area contributed by atoms with Crippen molar-refractivity contribution in [2.24, 2.45) is 5.92 Å². The van der Waals surface area contributed by atoms with Crippen LogP contribution >= 0.6 is 0 Å². The van der Waals surface area contributed by atoms with Crippen molar-refractivity contribution in [3.63, 3.8) is 0 Å². The van der Waals surface area contributed by atoms with Crippen molar-refractivity contribution in [1.29, 1.82) is 0 Å². The lowest BCUT2D eigenvalue weighted by molar-refractivity contribution is -0.139. The normalized spacial score (nSPS) is 12.2. The van der Waals surface area contributed by atoms with Gasteiger partial charge in [0.05, 0.1) is 6.61 Å². The molecule has 1 atom stereocenters. The van der Waals surface area contributed by atoms with Gasteiger partial charge in [0.15, 0.2) is 0 Å². The van der Waals surface area contributed by atoms with Crippen LogP contribution in [0.3, 0.4) is 0 Å². The van der Waals surface area contributed by atoms with Gasteiger partial charge < -0.3 is 9.84 Å². The van der Waals surface area contributed by atoms with Gasteiger partial charge in [0.2, 0.25) is 0 Å². The molecule has 0 radical (unpaired) electrons. The largest absolute Gasteiger partial charge is 0.462 e. The highest BCUT2D eigenvalue weighted by molar-refractivity contribution is 5.86. The third kappa shape index (κ3) is 6.34. The first-order valence-electron chi connectivity index (χ1n) is 4.51. The van der Waals surface area contributed by atoms with Gasteiger partial charge >= 0.3 is 5.97 Å². The number of rotatable bonds is 6. The number of aliphatic hydroxyl groups is 1. The minimum Gasteiger partial charge on any atom is -0.462 e. The first-order chi connectivity index (χ1) is 6.07. The second-order valence-corrected chi connectivity index (χ2v) is 3.32. The molecule has 1 unspecified atom stereocenters. The fourth-order valence-electron chi connectivity index (χ4n) is 0.841. The Balaban J connectivity index is 3.44. The van der Waals surface area contributed by atoms with Gasteiger partial charge in [-0.3, -0.25) is 0 Å². The van der Waals surface area contributed by atoms with Gasteiger partial charge in [0.25, 0.3) is 0 Å². The van der Waals surface area contributed by atoms with Crippen molar-refractivity contribution in [2.75, 3.05) is 13.2 Å². The number of aliphatic hydroxyl groups excluding tert-OH is 1. The van der Waals surface area contributed by atoms with E-state index in [1.54, 1.807) is 6.92 Å². The van der Waals surface area contributed by atoms with Gasteiger partial charge in [-0.25, -0.2) is 4.79 Å². The average Bonchev–Trinajstić information content (AvgIpc) is 2.04. The summed E-state index contributed by atoms with van der Waals surface area (Å²) in [6, 6.07) is 0. The van der Waals surface area contributed by atoms with Crippen LogP contribution in [-0.2, 0) is 9.53 Å². The Morgan fingerprint density at radius 3 is 2.62 bits per heavy atom. The molecule has 0 amide bonds. The molecule has 0 aliphatic carbocycles. The number of hydrogen-bond donors (Lipinski definition) is 1. The molecule has 0 bridgehead atoms. The summed E-state index contributed by atoms with van der Waals surface area (Å²) in [5.41, 5.74) is 0.426. The van der Waals surface area contributed by atoms with Crippen molar-refractivity contribution in [3.05, 3.63) is 12.2 Å². The van der Waals surface area contributed by atoms with Crippen molar-refractivity contribution in [2.45, 2.75) is 26.7 Å². The zero-order valence-electron chi connectivity index (χ0n) is 8.38. The highest BCUT2D eigenvalue weighted by Crippen LogP contribution is 2.06. The van der Waals surface area contributed by atoms with Crippen LogP contribution in [0.2, 0.25) is 0 Å². The van der Waals surface area contributed by atoms with E-state index in [4.69, 9.17) is 9.84 Å². The van der Waals surface area contributed by atoms with E-state index in [1.165, 1.54) is 0 Å². The Morgan fingerprint density at radius 1 is 1.54 bits per heavy atom. The molecular weight excluding hydrogens is 168 g/mol. The van der Waals surface area contributed by atoms with Gasteiger partial charge in [-0.2, -0.15) is 0 Å². The fourth-order valence-corrected chi connectivity index (χ4v) is 0.841. The monoisotopic (exact) mass is 186 g/mol. The maximum Gasteiger partial charge on any atom is 0.333 e. The van der Waals surface area contributed by atoms with E-state index in [9.17, 15) is 4.79 Å². The van der Waals surface area contributed by atoms with Gasteiger partial charge in [-0.05, 0) is 25.7 Å². The molecule has 0 saturated carbocycles. The zero-order valence-corrected chi connectivity index (χ0v) is 8.38. The fraction of sp³-hybridized carbons (Fsp3) is 0.700. The smallest absolute Gasteiger partial charge is 0.333 e. The number of hydrogen-bond acceptors (Lipinski definition) is 3. The van der Waals surface area contributed by atoms with E-state index < -0.39 is 0 Å². The molecule has 3 heteroatoms. The highest BCUT2D eigenvalue weighted by atomic mass is 16.5. The Kier molecular flexibility index (Phi) is 6.24. The van der Waals surface area contributed by atoms with E-state index in [0.717, 1.165) is 12.8 Å². The molecule has 0 aromatic rings. The summed E-state index contributed by atoms with van der Waals surface area (Å²) in [4.78, 5) is 10.9. The first-order valence-corrected chi connectivity index (χ1v) is 4.51. The van der Waals surface area contributed by atoms with Gasteiger partial charge in [0, 0.05) is 12.2 Å². The van der Waals surface area contributed by atoms with Crippen LogP contribution in [0.25, 0.3) is 0 Å². The van der Waals surface area contributed by atoms with Gasteiger partial charge in [-0.15, -0.1) is 0 Å². The van der Waals surface area contributed by atoms with Crippen LogP contribution in [0.15, 0.2) is 12.2 Å². The van der Waals surface area contributed by atoms with Crippen LogP contribution < -0.4 is 0 Å². The zero-order chi connectivity index (χ0) is 10.3. The van der Waals surface area contributed by atoms with Crippen LogP contribution in [0, 0.1) is 5.92 Å².